The molecule has 0 atom stereocenters. The Bertz CT molecular complexity index is 1000. The number of amides is 2. The Labute approximate surface area is 159 Å². The lowest BCUT2D eigenvalue weighted by Crippen LogP contribution is -2.14. The van der Waals surface area contributed by atoms with Crippen LogP contribution in [0.15, 0.2) is 54.6 Å². The first-order valence-electron chi connectivity index (χ1n) is 7.99. The van der Waals surface area contributed by atoms with Crippen LogP contribution >= 0.6 is 0 Å². The molecular formula is C19H17FN4O4. The molecule has 1 aromatic heterocycles. The summed E-state index contributed by atoms with van der Waals surface area (Å²) < 4.78 is 13.5. The van der Waals surface area contributed by atoms with Gasteiger partial charge in [0.2, 0.25) is 5.91 Å². The Morgan fingerprint density at radius 2 is 1.79 bits per heavy atom. The van der Waals surface area contributed by atoms with Gasteiger partial charge in [0.05, 0.1) is 5.56 Å². The number of nitrogens with two attached hydrogens (primary N) is 1. The lowest BCUT2D eigenvalue weighted by atomic mass is 10.1. The number of carboxylic acids is 1. The molecule has 2 amide bonds. The smallest absolute Gasteiger partial charge is 0.353 e. The van der Waals surface area contributed by atoms with Crippen molar-refractivity contribution < 1.29 is 23.9 Å². The SMILES string of the molecule is Cc1ccc(F)c(C(=O)Nc2cc(C(=O)O)[nH]n2)c1.NC(=O)c1ccccc1. The second-order valence-corrected chi connectivity index (χ2v) is 5.64. The Kier molecular flexibility index (Phi) is 6.58. The van der Waals surface area contributed by atoms with Crippen molar-refractivity contribution in [3.63, 3.8) is 0 Å². The first-order chi connectivity index (χ1) is 13.3. The molecule has 3 rings (SSSR count). The van der Waals surface area contributed by atoms with E-state index in [1.165, 1.54) is 12.1 Å². The van der Waals surface area contributed by atoms with Gasteiger partial charge in [0, 0.05) is 11.6 Å². The van der Waals surface area contributed by atoms with Gasteiger partial charge in [-0.15, -0.1) is 0 Å². The van der Waals surface area contributed by atoms with Gasteiger partial charge in [-0.05, 0) is 31.2 Å². The minimum Gasteiger partial charge on any atom is -0.477 e. The van der Waals surface area contributed by atoms with E-state index in [4.69, 9.17) is 10.8 Å². The highest BCUT2D eigenvalue weighted by molar-refractivity contribution is 6.04. The maximum Gasteiger partial charge on any atom is 0.353 e. The number of carbonyl (C=O) groups is 3. The number of hydrogen-bond donors (Lipinski definition) is 4. The molecule has 5 N–H and O–H groups in total. The third-order valence-electron chi connectivity index (χ3n) is 3.47. The number of aryl methyl sites for hydroxylation is 1. The number of halogens is 1. The van der Waals surface area contributed by atoms with Crippen molar-refractivity contribution in [3.8, 4) is 0 Å². The fourth-order valence-corrected chi connectivity index (χ4v) is 2.09. The summed E-state index contributed by atoms with van der Waals surface area (Å²) in [6, 6.07) is 14.0. The monoisotopic (exact) mass is 384 g/mol. The average molecular weight is 384 g/mol. The molecule has 28 heavy (non-hydrogen) atoms. The molecule has 0 saturated carbocycles. The summed E-state index contributed by atoms with van der Waals surface area (Å²) >= 11 is 0. The number of nitrogens with one attached hydrogen (secondary N) is 2. The normalized spacial score (nSPS) is 9.79. The number of aromatic nitrogens is 2. The maximum absolute atomic E-state index is 13.5. The summed E-state index contributed by atoms with van der Waals surface area (Å²) in [5.41, 5.74) is 5.97. The number of benzene rings is 2. The molecule has 0 aliphatic carbocycles. The quantitative estimate of drug-likeness (QED) is 0.548. The highest BCUT2D eigenvalue weighted by Gasteiger charge is 2.14. The Hall–Kier alpha value is -4.01. The number of nitrogens with zero attached hydrogens (tertiary/aromatic N) is 1. The number of anilines is 1. The van der Waals surface area contributed by atoms with Crippen LogP contribution in [0.1, 0.15) is 36.8 Å². The van der Waals surface area contributed by atoms with Crippen molar-refractivity contribution in [2.45, 2.75) is 6.92 Å². The van der Waals surface area contributed by atoms with Gasteiger partial charge < -0.3 is 16.2 Å². The predicted molar refractivity (Wildman–Crippen MR) is 99.6 cm³/mol. The summed E-state index contributed by atoms with van der Waals surface area (Å²) in [5, 5.41) is 16.8. The Morgan fingerprint density at radius 3 is 2.32 bits per heavy atom. The van der Waals surface area contributed by atoms with E-state index in [0.717, 1.165) is 11.6 Å². The molecule has 0 aliphatic heterocycles. The van der Waals surface area contributed by atoms with Crippen molar-refractivity contribution in [3.05, 3.63) is 82.8 Å². The van der Waals surface area contributed by atoms with Crippen molar-refractivity contribution in [1.29, 1.82) is 0 Å². The highest BCUT2D eigenvalue weighted by atomic mass is 19.1. The Balaban J connectivity index is 0.000000261. The van der Waals surface area contributed by atoms with Crippen molar-refractivity contribution in [2.24, 2.45) is 5.73 Å². The molecule has 0 bridgehead atoms. The largest absolute Gasteiger partial charge is 0.477 e. The molecule has 144 valence electrons. The van der Waals surface area contributed by atoms with Crippen LogP contribution < -0.4 is 11.1 Å². The molecule has 0 unspecified atom stereocenters. The van der Waals surface area contributed by atoms with E-state index in [1.807, 2.05) is 6.07 Å². The first-order valence-corrected chi connectivity index (χ1v) is 7.99. The van der Waals surface area contributed by atoms with Gasteiger partial charge in [0.15, 0.2) is 5.82 Å². The van der Waals surface area contributed by atoms with Crippen LogP contribution in [-0.2, 0) is 0 Å². The van der Waals surface area contributed by atoms with Gasteiger partial charge in [-0.2, -0.15) is 5.10 Å². The van der Waals surface area contributed by atoms with Crippen LogP contribution in [0.3, 0.4) is 0 Å². The van der Waals surface area contributed by atoms with E-state index in [1.54, 1.807) is 37.3 Å². The number of carboxylic acid groups (broad SMARTS) is 1. The van der Waals surface area contributed by atoms with Crippen LogP contribution in [-0.4, -0.2) is 33.1 Å². The van der Waals surface area contributed by atoms with E-state index in [0.29, 0.717) is 5.56 Å². The third kappa shape index (κ3) is 5.49. The topological polar surface area (TPSA) is 138 Å². The number of carbonyl (C=O) groups excluding carboxylic acids is 2. The van der Waals surface area contributed by atoms with Gasteiger partial charge in [0.1, 0.15) is 11.5 Å². The van der Waals surface area contributed by atoms with Crippen molar-refractivity contribution >= 4 is 23.6 Å². The third-order valence-corrected chi connectivity index (χ3v) is 3.47. The molecule has 0 radical (unpaired) electrons. The lowest BCUT2D eigenvalue weighted by Gasteiger charge is -2.04. The summed E-state index contributed by atoms with van der Waals surface area (Å²) in [6.45, 7) is 1.73. The van der Waals surface area contributed by atoms with Crippen molar-refractivity contribution in [2.75, 3.05) is 5.32 Å². The molecule has 0 aliphatic rings. The van der Waals surface area contributed by atoms with Gasteiger partial charge in [-0.3, -0.25) is 14.7 Å². The second kappa shape index (κ2) is 9.08. The zero-order valence-electron chi connectivity index (χ0n) is 14.8. The van der Waals surface area contributed by atoms with Gasteiger partial charge in [-0.25, -0.2) is 9.18 Å². The van der Waals surface area contributed by atoms with Crippen LogP contribution in [0.2, 0.25) is 0 Å². The minimum atomic E-state index is -1.20. The summed E-state index contributed by atoms with van der Waals surface area (Å²) in [5.74, 6) is -2.91. The zero-order chi connectivity index (χ0) is 20.7. The van der Waals surface area contributed by atoms with Gasteiger partial charge >= 0.3 is 5.97 Å². The number of primary amides is 1. The van der Waals surface area contributed by atoms with E-state index in [2.05, 4.69) is 15.5 Å². The molecule has 2 aromatic carbocycles. The number of rotatable bonds is 4. The highest BCUT2D eigenvalue weighted by Crippen LogP contribution is 2.13. The van der Waals surface area contributed by atoms with Crippen LogP contribution in [0.4, 0.5) is 10.2 Å². The molecule has 9 heteroatoms. The number of aromatic amines is 1. The number of hydrogen-bond acceptors (Lipinski definition) is 4. The van der Waals surface area contributed by atoms with Crippen LogP contribution in [0, 0.1) is 12.7 Å². The lowest BCUT2D eigenvalue weighted by molar-refractivity contribution is 0.0690. The molecular weight excluding hydrogens is 367 g/mol. The molecule has 0 fully saturated rings. The summed E-state index contributed by atoms with van der Waals surface area (Å²) in [7, 11) is 0. The Morgan fingerprint density at radius 1 is 1.11 bits per heavy atom. The molecule has 8 nitrogen and oxygen atoms in total. The number of H-pyrrole nitrogens is 1. The molecule has 1 heterocycles. The first kappa shape index (κ1) is 20.3. The van der Waals surface area contributed by atoms with E-state index >= 15 is 0 Å². The van der Waals surface area contributed by atoms with Crippen molar-refractivity contribution in [1.82, 2.24) is 10.2 Å². The molecule has 0 spiro atoms. The van der Waals surface area contributed by atoms with E-state index in [-0.39, 0.29) is 23.0 Å². The van der Waals surface area contributed by atoms with Gasteiger partial charge in [0.25, 0.3) is 5.91 Å². The zero-order valence-corrected chi connectivity index (χ0v) is 14.8. The fourth-order valence-electron chi connectivity index (χ4n) is 2.09. The van der Waals surface area contributed by atoms with E-state index in [9.17, 15) is 18.8 Å². The van der Waals surface area contributed by atoms with E-state index < -0.39 is 17.7 Å². The fraction of sp³-hybridized carbons (Fsp3) is 0.0526. The molecule has 3 aromatic rings. The van der Waals surface area contributed by atoms with Crippen LogP contribution in [0.25, 0.3) is 0 Å². The standard InChI is InChI=1S/C12H10FN3O3.C7H7NO/c1-6-2-3-8(13)7(4-6)11(17)14-10-5-9(12(18)19)15-16-10;8-7(9)6-4-2-1-3-5-6/h2-5H,1H3,(H,18,19)(H2,14,15,16,17);1-5H,(H2,8,9). The minimum absolute atomic E-state index is 0.0170. The predicted octanol–water partition coefficient (Wildman–Crippen LogP) is 2.59. The number of aromatic carboxylic acids is 1. The summed E-state index contributed by atoms with van der Waals surface area (Å²) in [4.78, 5) is 32.9. The summed E-state index contributed by atoms with van der Waals surface area (Å²) in [6.07, 6.45) is 0. The maximum atomic E-state index is 13.5. The average Bonchev–Trinajstić information content (AvgIpc) is 3.13. The van der Waals surface area contributed by atoms with Crippen LogP contribution in [0.5, 0.6) is 0 Å². The molecule has 0 saturated heterocycles. The van der Waals surface area contributed by atoms with Gasteiger partial charge in [-0.1, -0.05) is 29.8 Å². The second-order valence-electron chi connectivity index (χ2n) is 5.64.